The van der Waals surface area contributed by atoms with Crippen LogP contribution in [0.5, 0.6) is 0 Å². The van der Waals surface area contributed by atoms with Gasteiger partial charge in [0, 0.05) is 10.7 Å². The Morgan fingerprint density at radius 2 is 1.62 bits per heavy atom. The summed E-state index contributed by atoms with van der Waals surface area (Å²) in [5, 5.41) is 0.566. The molecule has 1 atom stereocenters. The Hall–Kier alpha value is -1.52. The minimum atomic E-state index is -3.57. The first-order chi connectivity index (χ1) is 9.92. The Labute approximate surface area is 131 Å². The van der Waals surface area contributed by atoms with Crippen LogP contribution >= 0.6 is 11.6 Å². The van der Waals surface area contributed by atoms with Gasteiger partial charge >= 0.3 is 0 Å². The van der Waals surface area contributed by atoms with Gasteiger partial charge in [-0.2, -0.15) is 0 Å². The highest BCUT2D eigenvalue weighted by atomic mass is 35.5. The average molecular weight is 324 g/mol. The molecule has 2 rings (SSSR count). The summed E-state index contributed by atoms with van der Waals surface area (Å²) in [4.78, 5) is 0.254. The monoisotopic (exact) mass is 323 g/mol. The first-order valence-electron chi connectivity index (χ1n) is 6.80. The minimum Gasteiger partial charge on any atom is -0.280 e. The topological polar surface area (TPSA) is 46.2 Å². The van der Waals surface area contributed by atoms with Crippen LogP contribution in [0, 0.1) is 0 Å². The van der Waals surface area contributed by atoms with E-state index in [-0.39, 0.29) is 4.90 Å². The lowest BCUT2D eigenvalue weighted by Crippen LogP contribution is -2.12. The maximum absolute atomic E-state index is 12.3. The largest absolute Gasteiger partial charge is 0.280 e. The third-order valence-electron chi connectivity index (χ3n) is 3.47. The zero-order valence-electron chi connectivity index (χ0n) is 12.0. The van der Waals surface area contributed by atoms with Crippen LogP contribution in [-0.4, -0.2) is 8.42 Å². The fourth-order valence-corrected chi connectivity index (χ4v) is 3.13. The second-order valence-corrected chi connectivity index (χ2v) is 7.11. The highest BCUT2D eigenvalue weighted by molar-refractivity contribution is 7.92. The van der Waals surface area contributed by atoms with Crippen LogP contribution in [0.1, 0.15) is 31.7 Å². The molecule has 0 amide bonds. The van der Waals surface area contributed by atoms with E-state index >= 15 is 0 Å². The summed E-state index contributed by atoms with van der Waals surface area (Å²) in [6.45, 7) is 4.23. The van der Waals surface area contributed by atoms with Gasteiger partial charge in [-0.1, -0.05) is 37.6 Å². The fraction of sp³-hybridized carbons (Fsp3) is 0.250. The third kappa shape index (κ3) is 3.99. The number of rotatable bonds is 5. The number of hydrogen-bond acceptors (Lipinski definition) is 2. The Morgan fingerprint density at radius 3 is 2.14 bits per heavy atom. The molecule has 0 heterocycles. The average Bonchev–Trinajstić information content (AvgIpc) is 2.49. The van der Waals surface area contributed by atoms with Gasteiger partial charge in [-0.05, 0) is 54.3 Å². The second kappa shape index (κ2) is 6.50. The summed E-state index contributed by atoms with van der Waals surface area (Å²) < 4.78 is 27.1. The molecule has 0 bridgehead atoms. The van der Waals surface area contributed by atoms with Gasteiger partial charge in [0.05, 0.1) is 4.90 Å². The molecule has 1 unspecified atom stereocenters. The molecule has 3 nitrogen and oxygen atoms in total. The molecule has 0 aliphatic heterocycles. The first-order valence-corrected chi connectivity index (χ1v) is 8.67. The second-order valence-electron chi connectivity index (χ2n) is 4.99. The lowest BCUT2D eigenvalue weighted by molar-refractivity contribution is 0.601. The van der Waals surface area contributed by atoms with Gasteiger partial charge in [0.15, 0.2) is 0 Å². The van der Waals surface area contributed by atoms with E-state index in [9.17, 15) is 8.42 Å². The van der Waals surface area contributed by atoms with Crippen molar-refractivity contribution in [3.8, 4) is 0 Å². The number of benzene rings is 2. The third-order valence-corrected chi connectivity index (χ3v) is 5.12. The van der Waals surface area contributed by atoms with Gasteiger partial charge in [-0.3, -0.25) is 4.72 Å². The molecule has 0 saturated carbocycles. The fourth-order valence-electron chi connectivity index (χ4n) is 1.94. The molecule has 0 spiro atoms. The molecular formula is C16H18ClNO2S. The van der Waals surface area contributed by atoms with Crippen molar-refractivity contribution >= 4 is 27.3 Å². The molecule has 5 heteroatoms. The molecule has 112 valence electrons. The number of hydrogen-bond donors (Lipinski definition) is 1. The van der Waals surface area contributed by atoms with Crippen molar-refractivity contribution in [1.82, 2.24) is 0 Å². The van der Waals surface area contributed by atoms with Gasteiger partial charge in [-0.15, -0.1) is 0 Å². The Kier molecular flexibility index (Phi) is 4.91. The molecule has 0 fully saturated rings. The van der Waals surface area contributed by atoms with Crippen LogP contribution in [-0.2, 0) is 10.0 Å². The molecule has 2 aromatic carbocycles. The molecule has 0 saturated heterocycles. The van der Waals surface area contributed by atoms with Gasteiger partial charge in [0.25, 0.3) is 10.0 Å². The maximum Gasteiger partial charge on any atom is 0.261 e. The van der Waals surface area contributed by atoms with Crippen LogP contribution in [0.25, 0.3) is 0 Å². The summed E-state index contributed by atoms with van der Waals surface area (Å²) in [6, 6.07) is 13.6. The van der Waals surface area contributed by atoms with E-state index in [2.05, 4.69) is 18.6 Å². The smallest absolute Gasteiger partial charge is 0.261 e. The highest BCUT2D eigenvalue weighted by Crippen LogP contribution is 2.22. The van der Waals surface area contributed by atoms with Crippen molar-refractivity contribution < 1.29 is 8.42 Å². The van der Waals surface area contributed by atoms with E-state index in [1.165, 1.54) is 0 Å². The van der Waals surface area contributed by atoms with Gasteiger partial charge in [-0.25, -0.2) is 8.42 Å². The van der Waals surface area contributed by atoms with Crippen LogP contribution in [0.3, 0.4) is 0 Å². The van der Waals surface area contributed by atoms with Crippen molar-refractivity contribution in [1.29, 1.82) is 0 Å². The van der Waals surface area contributed by atoms with Gasteiger partial charge in [0.1, 0.15) is 0 Å². The predicted molar refractivity (Wildman–Crippen MR) is 87.4 cm³/mol. The lowest BCUT2D eigenvalue weighted by atomic mass is 9.99. The molecule has 0 aromatic heterocycles. The molecule has 0 aliphatic carbocycles. The molecule has 0 radical (unpaired) electrons. The highest BCUT2D eigenvalue weighted by Gasteiger charge is 2.14. The molecule has 2 aromatic rings. The molecule has 1 N–H and O–H groups in total. The summed E-state index contributed by atoms with van der Waals surface area (Å²) in [5.74, 6) is 0.422. The zero-order chi connectivity index (χ0) is 15.5. The molecule has 21 heavy (non-hydrogen) atoms. The summed E-state index contributed by atoms with van der Waals surface area (Å²) >= 11 is 5.78. The van der Waals surface area contributed by atoms with Crippen LogP contribution in [0.4, 0.5) is 5.69 Å². The van der Waals surface area contributed by atoms with Gasteiger partial charge in [0.2, 0.25) is 0 Å². The van der Waals surface area contributed by atoms with Crippen LogP contribution in [0.15, 0.2) is 53.4 Å². The van der Waals surface area contributed by atoms with Crippen LogP contribution in [0.2, 0.25) is 5.02 Å². The zero-order valence-corrected chi connectivity index (χ0v) is 13.6. The van der Waals surface area contributed by atoms with Crippen LogP contribution < -0.4 is 4.72 Å². The summed E-state index contributed by atoms with van der Waals surface area (Å²) in [5.41, 5.74) is 1.63. The van der Waals surface area contributed by atoms with E-state index in [4.69, 9.17) is 11.6 Å². The standard InChI is InChI=1S/C16H18ClNO2S/c1-3-12(2)13-4-10-16(11-5-13)21(19,20)18-15-8-6-14(17)7-9-15/h4-12,18H,3H2,1-2H3. The predicted octanol–water partition coefficient (Wildman–Crippen LogP) is 4.65. The number of halogens is 1. The van der Waals surface area contributed by atoms with Crippen molar-refractivity contribution in [2.24, 2.45) is 0 Å². The Balaban J connectivity index is 2.21. The van der Waals surface area contributed by atoms with E-state index in [0.29, 0.717) is 16.6 Å². The number of anilines is 1. The summed E-state index contributed by atoms with van der Waals surface area (Å²) in [7, 11) is -3.57. The molecular weight excluding hydrogens is 306 g/mol. The van der Waals surface area contributed by atoms with E-state index in [0.717, 1.165) is 12.0 Å². The van der Waals surface area contributed by atoms with Crippen molar-refractivity contribution in [3.05, 3.63) is 59.1 Å². The van der Waals surface area contributed by atoms with E-state index < -0.39 is 10.0 Å². The van der Waals surface area contributed by atoms with Crippen molar-refractivity contribution in [3.63, 3.8) is 0 Å². The SMILES string of the molecule is CCC(C)c1ccc(S(=O)(=O)Nc2ccc(Cl)cc2)cc1. The normalized spacial score (nSPS) is 12.9. The molecule has 0 aliphatic rings. The van der Waals surface area contributed by atoms with Crippen molar-refractivity contribution in [2.45, 2.75) is 31.1 Å². The lowest BCUT2D eigenvalue weighted by Gasteiger charge is -2.11. The minimum absolute atomic E-state index is 0.254. The first kappa shape index (κ1) is 15.9. The maximum atomic E-state index is 12.3. The van der Waals surface area contributed by atoms with Gasteiger partial charge < -0.3 is 0 Å². The van der Waals surface area contributed by atoms with E-state index in [1.807, 2.05) is 12.1 Å². The number of sulfonamides is 1. The number of nitrogens with one attached hydrogen (secondary N) is 1. The van der Waals surface area contributed by atoms with E-state index in [1.54, 1.807) is 36.4 Å². The quantitative estimate of drug-likeness (QED) is 0.870. The van der Waals surface area contributed by atoms with Crippen molar-refractivity contribution in [2.75, 3.05) is 4.72 Å². The Bertz CT molecular complexity index is 694. The Morgan fingerprint density at radius 1 is 1.05 bits per heavy atom. The summed E-state index contributed by atoms with van der Waals surface area (Å²) in [6.07, 6.45) is 1.02.